The smallest absolute Gasteiger partial charge is 0.262 e. The van der Waals surface area contributed by atoms with Gasteiger partial charge in [-0.15, -0.1) is 0 Å². The first-order valence-corrected chi connectivity index (χ1v) is 11.2. The molecule has 0 unspecified atom stereocenters. The van der Waals surface area contributed by atoms with E-state index in [1.165, 1.54) is 0 Å². The van der Waals surface area contributed by atoms with Crippen molar-refractivity contribution in [2.75, 3.05) is 19.1 Å². The van der Waals surface area contributed by atoms with E-state index >= 15 is 0 Å². The number of hydrogen-bond acceptors (Lipinski definition) is 3. The molecule has 3 aromatic carbocycles. The molecule has 0 aliphatic carbocycles. The molecule has 0 saturated carbocycles. The summed E-state index contributed by atoms with van der Waals surface area (Å²) >= 11 is 15.8. The Labute approximate surface area is 204 Å². The molecule has 0 aromatic heterocycles. The molecule has 32 heavy (non-hydrogen) atoms. The van der Waals surface area contributed by atoms with Gasteiger partial charge in [-0.3, -0.25) is 9.69 Å². The summed E-state index contributed by atoms with van der Waals surface area (Å²) in [5.41, 5.74) is 3.60. The summed E-state index contributed by atoms with van der Waals surface area (Å²) in [6, 6.07) is 18.3. The molecule has 1 amide bonds. The van der Waals surface area contributed by atoms with Gasteiger partial charge in [0.2, 0.25) is 0 Å². The van der Waals surface area contributed by atoms with E-state index in [9.17, 15) is 4.79 Å². The number of ether oxygens (including phenoxy) is 2. The van der Waals surface area contributed by atoms with E-state index in [1.54, 1.807) is 43.4 Å². The van der Waals surface area contributed by atoms with Crippen LogP contribution in [0.25, 0.3) is 11.8 Å². The molecule has 162 valence electrons. The lowest BCUT2D eigenvalue weighted by Gasteiger charge is -2.21. The second kappa shape index (κ2) is 9.41. The summed E-state index contributed by atoms with van der Waals surface area (Å²) in [4.78, 5) is 15.2. The first-order chi connectivity index (χ1) is 15.4. The van der Waals surface area contributed by atoms with Crippen molar-refractivity contribution in [3.8, 4) is 11.5 Å². The minimum absolute atomic E-state index is 0.164. The summed E-state index contributed by atoms with van der Waals surface area (Å²) in [6.07, 6.45) is 3.68. The molecule has 0 radical (unpaired) electrons. The molecule has 0 saturated heterocycles. The topological polar surface area (TPSA) is 38.8 Å². The van der Waals surface area contributed by atoms with Crippen LogP contribution in [-0.4, -0.2) is 20.1 Å². The van der Waals surface area contributed by atoms with Crippen molar-refractivity contribution in [2.45, 2.75) is 0 Å². The summed E-state index contributed by atoms with van der Waals surface area (Å²) in [5.74, 6) is 1.05. The Bertz CT molecular complexity index is 1250. The van der Waals surface area contributed by atoms with Gasteiger partial charge in [0, 0.05) is 15.1 Å². The normalized spacial score (nSPS) is 14.7. The molecule has 0 N–H and O–H groups in total. The van der Waals surface area contributed by atoms with Crippen LogP contribution < -0.4 is 14.4 Å². The van der Waals surface area contributed by atoms with E-state index in [1.807, 2.05) is 48.6 Å². The number of methoxy groups -OCH3 is 2. The van der Waals surface area contributed by atoms with Crippen LogP contribution in [0.2, 0.25) is 10.0 Å². The zero-order chi connectivity index (χ0) is 22.8. The van der Waals surface area contributed by atoms with E-state index < -0.39 is 0 Å². The van der Waals surface area contributed by atoms with Gasteiger partial charge in [-0.05, 0) is 81.7 Å². The zero-order valence-corrected chi connectivity index (χ0v) is 20.3. The number of benzene rings is 3. The third kappa shape index (κ3) is 4.42. The molecule has 4 nitrogen and oxygen atoms in total. The summed E-state index contributed by atoms with van der Waals surface area (Å²) in [7, 11) is 3.16. The lowest BCUT2D eigenvalue weighted by atomic mass is 10.1. The number of carbonyl (C=O) groups excluding carboxylic acids is 1. The van der Waals surface area contributed by atoms with Gasteiger partial charge in [-0.25, -0.2) is 0 Å². The van der Waals surface area contributed by atoms with Gasteiger partial charge < -0.3 is 9.47 Å². The van der Waals surface area contributed by atoms with Crippen LogP contribution in [0.3, 0.4) is 0 Å². The molecule has 1 aliphatic rings. The van der Waals surface area contributed by atoms with E-state index in [2.05, 4.69) is 15.9 Å². The highest BCUT2D eigenvalue weighted by atomic mass is 79.9. The standard InChI is InChI=1S/C25H18BrCl2NO3/c1-31-23-10-3-15(12-24(23)32-2)11-17-13-22(16-4-6-18(27)7-5-16)29(25(17)30)19-8-9-20(26)21(28)14-19/h3-14H,1-2H3/b17-11+. The number of amides is 1. The summed E-state index contributed by atoms with van der Waals surface area (Å²) in [6.45, 7) is 0. The third-order valence-corrected chi connectivity index (χ3v) is 6.50. The van der Waals surface area contributed by atoms with Gasteiger partial charge in [0.25, 0.3) is 5.91 Å². The predicted molar refractivity (Wildman–Crippen MR) is 134 cm³/mol. The Balaban J connectivity index is 1.82. The van der Waals surface area contributed by atoms with Crippen LogP contribution in [0, 0.1) is 0 Å². The average molecular weight is 531 g/mol. The highest BCUT2D eigenvalue weighted by Crippen LogP contribution is 2.38. The SMILES string of the molecule is COc1ccc(/C=C2\C=C(c3ccc(Cl)cc3)N(c3ccc(Br)c(Cl)c3)C2=O)cc1OC. The lowest BCUT2D eigenvalue weighted by molar-refractivity contribution is -0.113. The van der Waals surface area contributed by atoms with Crippen LogP contribution in [0.4, 0.5) is 5.69 Å². The predicted octanol–water partition coefficient (Wildman–Crippen LogP) is 7.24. The van der Waals surface area contributed by atoms with Crippen LogP contribution >= 0.6 is 39.1 Å². The van der Waals surface area contributed by atoms with Crippen LogP contribution in [-0.2, 0) is 4.79 Å². The Morgan fingerprint density at radius 3 is 2.28 bits per heavy atom. The van der Waals surface area contributed by atoms with Crippen molar-refractivity contribution in [2.24, 2.45) is 0 Å². The monoisotopic (exact) mass is 529 g/mol. The van der Waals surface area contributed by atoms with E-state index in [-0.39, 0.29) is 5.91 Å². The highest BCUT2D eigenvalue weighted by Gasteiger charge is 2.30. The Morgan fingerprint density at radius 2 is 1.62 bits per heavy atom. The van der Waals surface area contributed by atoms with Crippen LogP contribution in [0.15, 0.2) is 76.8 Å². The largest absolute Gasteiger partial charge is 0.493 e. The fourth-order valence-corrected chi connectivity index (χ4v) is 4.00. The molecule has 7 heteroatoms. The van der Waals surface area contributed by atoms with Gasteiger partial charge >= 0.3 is 0 Å². The maximum Gasteiger partial charge on any atom is 0.262 e. The molecular weight excluding hydrogens is 513 g/mol. The van der Waals surface area contributed by atoms with Crippen molar-refractivity contribution >= 4 is 62.5 Å². The lowest BCUT2D eigenvalue weighted by Crippen LogP contribution is -2.24. The van der Waals surface area contributed by atoms with E-state index in [0.717, 1.165) is 21.3 Å². The van der Waals surface area contributed by atoms with E-state index in [4.69, 9.17) is 32.7 Å². The second-order valence-corrected chi connectivity index (χ2v) is 8.69. The minimum Gasteiger partial charge on any atom is -0.493 e. The van der Waals surface area contributed by atoms with Crippen molar-refractivity contribution in [1.82, 2.24) is 0 Å². The first kappa shape index (κ1) is 22.5. The molecule has 3 aromatic rings. The fraction of sp³-hybridized carbons (Fsp3) is 0.0800. The molecule has 0 bridgehead atoms. The van der Waals surface area contributed by atoms with Crippen molar-refractivity contribution in [3.05, 3.63) is 98.0 Å². The van der Waals surface area contributed by atoms with Crippen molar-refractivity contribution < 1.29 is 14.3 Å². The second-order valence-electron chi connectivity index (χ2n) is 6.99. The summed E-state index contributed by atoms with van der Waals surface area (Å²) < 4.78 is 11.4. The first-order valence-electron chi connectivity index (χ1n) is 9.62. The Kier molecular flexibility index (Phi) is 6.60. The quantitative estimate of drug-likeness (QED) is 0.326. The summed E-state index contributed by atoms with van der Waals surface area (Å²) in [5, 5.41) is 1.14. The number of carbonyl (C=O) groups is 1. The number of anilines is 1. The molecular formula is C25H18BrCl2NO3. The molecule has 0 atom stereocenters. The van der Waals surface area contributed by atoms with Crippen molar-refractivity contribution in [3.63, 3.8) is 0 Å². The number of halogens is 3. The molecule has 1 heterocycles. The van der Waals surface area contributed by atoms with E-state index in [0.29, 0.717) is 32.8 Å². The maximum atomic E-state index is 13.5. The van der Waals surface area contributed by atoms with Gasteiger partial charge in [0.1, 0.15) is 0 Å². The molecule has 0 spiro atoms. The maximum absolute atomic E-state index is 13.5. The Hall–Kier alpha value is -2.73. The molecule has 0 fully saturated rings. The van der Waals surface area contributed by atoms with Gasteiger partial charge in [0.05, 0.1) is 30.6 Å². The van der Waals surface area contributed by atoms with Gasteiger partial charge in [-0.1, -0.05) is 41.4 Å². The van der Waals surface area contributed by atoms with Gasteiger partial charge in [0.15, 0.2) is 11.5 Å². The average Bonchev–Trinajstić information content (AvgIpc) is 3.12. The Morgan fingerprint density at radius 1 is 0.906 bits per heavy atom. The highest BCUT2D eigenvalue weighted by molar-refractivity contribution is 9.10. The third-order valence-electron chi connectivity index (χ3n) is 5.01. The van der Waals surface area contributed by atoms with Crippen LogP contribution in [0.5, 0.6) is 11.5 Å². The van der Waals surface area contributed by atoms with Crippen molar-refractivity contribution in [1.29, 1.82) is 0 Å². The van der Waals surface area contributed by atoms with Gasteiger partial charge in [-0.2, -0.15) is 0 Å². The number of hydrogen-bond donors (Lipinski definition) is 0. The number of rotatable bonds is 5. The zero-order valence-electron chi connectivity index (χ0n) is 17.2. The minimum atomic E-state index is -0.164. The number of nitrogens with zero attached hydrogens (tertiary/aromatic N) is 1. The molecule has 4 rings (SSSR count). The fourth-order valence-electron chi connectivity index (χ4n) is 3.45. The molecule has 1 aliphatic heterocycles. The van der Waals surface area contributed by atoms with Crippen LogP contribution in [0.1, 0.15) is 11.1 Å².